The topological polar surface area (TPSA) is 105 Å². The molecule has 0 aromatic rings. The lowest BCUT2D eigenvalue weighted by molar-refractivity contribution is -0.870. The van der Waals surface area contributed by atoms with Crippen molar-refractivity contribution < 1.29 is 32.9 Å². The number of carbonyl (C=O) groups excluding carboxylic acids is 1. The number of nitrogens with one attached hydrogen (secondary N) is 1. The van der Waals surface area contributed by atoms with E-state index in [1.165, 1.54) is 257 Å². The van der Waals surface area contributed by atoms with Crippen LogP contribution in [0.4, 0.5) is 0 Å². The number of aliphatic hydroxyl groups excluding tert-OH is 1. The molecular formula is C62H124N2O6P+. The fourth-order valence-corrected chi connectivity index (χ4v) is 10.3. The Hall–Kier alpha value is -1.02. The Morgan fingerprint density at radius 2 is 0.775 bits per heavy atom. The molecule has 0 aliphatic carbocycles. The lowest BCUT2D eigenvalue weighted by Gasteiger charge is -2.25. The van der Waals surface area contributed by atoms with Crippen LogP contribution in [-0.2, 0) is 18.4 Å². The van der Waals surface area contributed by atoms with Gasteiger partial charge in [-0.2, -0.15) is 0 Å². The summed E-state index contributed by atoms with van der Waals surface area (Å²) in [4.78, 5) is 23.3. The van der Waals surface area contributed by atoms with Crippen LogP contribution in [0.5, 0.6) is 0 Å². The van der Waals surface area contributed by atoms with Gasteiger partial charge in [0.1, 0.15) is 13.2 Å². The lowest BCUT2D eigenvalue weighted by Crippen LogP contribution is -2.45. The lowest BCUT2D eigenvalue weighted by atomic mass is 10.0. The predicted molar refractivity (Wildman–Crippen MR) is 309 cm³/mol. The first-order valence-corrected chi connectivity index (χ1v) is 32.7. The predicted octanol–water partition coefficient (Wildman–Crippen LogP) is 19.2. The van der Waals surface area contributed by atoms with Crippen molar-refractivity contribution >= 4 is 13.7 Å². The Kier molecular flexibility index (Phi) is 53.0. The van der Waals surface area contributed by atoms with Crippen molar-refractivity contribution in [3.8, 4) is 0 Å². The minimum Gasteiger partial charge on any atom is -0.387 e. The molecule has 422 valence electrons. The number of amides is 1. The average molecular weight is 1020 g/mol. The maximum atomic E-state index is 13.0. The zero-order chi connectivity index (χ0) is 52.0. The Balaban J connectivity index is 4.14. The molecule has 0 aliphatic rings. The summed E-state index contributed by atoms with van der Waals surface area (Å²) in [5, 5.41) is 13.9. The molecule has 0 aromatic carbocycles. The van der Waals surface area contributed by atoms with Gasteiger partial charge in [0.25, 0.3) is 0 Å². The van der Waals surface area contributed by atoms with Crippen LogP contribution < -0.4 is 5.32 Å². The van der Waals surface area contributed by atoms with Crippen LogP contribution >= 0.6 is 7.82 Å². The van der Waals surface area contributed by atoms with Gasteiger partial charge in [-0.15, -0.1) is 0 Å². The number of carbonyl (C=O) groups is 1. The molecule has 0 aliphatic heterocycles. The van der Waals surface area contributed by atoms with Gasteiger partial charge in [-0.25, -0.2) is 4.57 Å². The molecule has 0 fully saturated rings. The van der Waals surface area contributed by atoms with Crippen LogP contribution in [0.25, 0.3) is 0 Å². The summed E-state index contributed by atoms with van der Waals surface area (Å²) in [6, 6.07) is -0.860. The number of hydrogen-bond acceptors (Lipinski definition) is 5. The fourth-order valence-electron chi connectivity index (χ4n) is 9.53. The second-order valence-corrected chi connectivity index (χ2v) is 24.2. The minimum absolute atomic E-state index is 0.0589. The van der Waals surface area contributed by atoms with E-state index < -0.39 is 20.0 Å². The summed E-state index contributed by atoms with van der Waals surface area (Å²) < 4.78 is 23.7. The molecule has 3 N–H and O–H groups in total. The summed E-state index contributed by atoms with van der Waals surface area (Å²) in [5.74, 6) is -0.180. The monoisotopic (exact) mass is 1020 g/mol. The van der Waals surface area contributed by atoms with E-state index in [0.717, 1.165) is 38.5 Å². The van der Waals surface area contributed by atoms with E-state index >= 15 is 0 Å². The molecule has 0 rings (SSSR count). The van der Waals surface area contributed by atoms with Crippen molar-refractivity contribution in [2.45, 2.75) is 328 Å². The number of rotatable bonds is 58. The smallest absolute Gasteiger partial charge is 0.387 e. The highest BCUT2D eigenvalue weighted by molar-refractivity contribution is 7.47. The number of unbranched alkanes of at least 4 members (excludes halogenated alkanes) is 43. The Bertz CT molecular complexity index is 1210. The SMILES string of the molecule is CCCCCCCCCCCCCCCCCCCCCCCCCC/C=C/CC/C=C/C(O)C(COP(=O)(O)OCC[N+](C)(C)C)NC(=O)CCCCCCCCCCCCCCCCCCCCC. The number of allylic oxidation sites excluding steroid dienone is 3. The number of aliphatic hydroxyl groups is 1. The van der Waals surface area contributed by atoms with Crippen molar-refractivity contribution in [3.63, 3.8) is 0 Å². The maximum Gasteiger partial charge on any atom is 0.472 e. The molecule has 0 saturated carbocycles. The van der Waals surface area contributed by atoms with Gasteiger partial charge in [-0.3, -0.25) is 13.8 Å². The number of phosphoric ester groups is 1. The molecule has 0 saturated heterocycles. The van der Waals surface area contributed by atoms with Crippen LogP contribution in [0.1, 0.15) is 316 Å². The van der Waals surface area contributed by atoms with E-state index in [2.05, 4.69) is 31.3 Å². The highest BCUT2D eigenvalue weighted by Gasteiger charge is 2.27. The summed E-state index contributed by atoms with van der Waals surface area (Å²) in [5.41, 5.74) is 0. The zero-order valence-electron chi connectivity index (χ0n) is 48.2. The van der Waals surface area contributed by atoms with Gasteiger partial charge in [0.15, 0.2) is 0 Å². The van der Waals surface area contributed by atoms with Crippen molar-refractivity contribution in [1.82, 2.24) is 5.32 Å². The maximum absolute atomic E-state index is 13.0. The molecule has 0 radical (unpaired) electrons. The molecular weight excluding hydrogens is 900 g/mol. The van der Waals surface area contributed by atoms with E-state index in [9.17, 15) is 19.4 Å². The van der Waals surface area contributed by atoms with Crippen LogP contribution in [0.15, 0.2) is 24.3 Å². The third kappa shape index (κ3) is 56.5. The van der Waals surface area contributed by atoms with Crippen molar-refractivity contribution in [3.05, 3.63) is 24.3 Å². The quantitative estimate of drug-likeness (QED) is 0.0243. The van der Waals surface area contributed by atoms with Gasteiger partial charge in [-0.05, 0) is 32.1 Å². The largest absolute Gasteiger partial charge is 0.472 e. The summed E-state index contributed by atoms with van der Waals surface area (Å²) >= 11 is 0. The highest BCUT2D eigenvalue weighted by Crippen LogP contribution is 2.43. The average Bonchev–Trinajstić information content (AvgIpc) is 3.33. The first-order chi connectivity index (χ1) is 34.5. The Morgan fingerprint density at radius 3 is 1.13 bits per heavy atom. The summed E-state index contributed by atoms with van der Waals surface area (Å²) in [7, 11) is 1.57. The first kappa shape index (κ1) is 70.0. The van der Waals surface area contributed by atoms with Crippen molar-refractivity contribution in [2.24, 2.45) is 0 Å². The molecule has 0 aromatic heterocycles. The zero-order valence-corrected chi connectivity index (χ0v) is 49.1. The molecule has 71 heavy (non-hydrogen) atoms. The van der Waals surface area contributed by atoms with Crippen LogP contribution in [0.3, 0.4) is 0 Å². The van der Waals surface area contributed by atoms with Gasteiger partial charge in [0.05, 0.1) is 39.9 Å². The molecule has 9 heteroatoms. The first-order valence-electron chi connectivity index (χ1n) is 31.2. The van der Waals surface area contributed by atoms with Crippen LogP contribution in [0.2, 0.25) is 0 Å². The van der Waals surface area contributed by atoms with E-state index in [4.69, 9.17) is 9.05 Å². The van der Waals surface area contributed by atoms with E-state index in [1.807, 2.05) is 27.2 Å². The van der Waals surface area contributed by atoms with E-state index in [-0.39, 0.29) is 19.1 Å². The Morgan fingerprint density at radius 1 is 0.465 bits per heavy atom. The van der Waals surface area contributed by atoms with E-state index in [0.29, 0.717) is 17.4 Å². The van der Waals surface area contributed by atoms with Gasteiger partial charge >= 0.3 is 7.82 Å². The third-order valence-electron chi connectivity index (χ3n) is 14.4. The number of quaternary nitrogens is 1. The van der Waals surface area contributed by atoms with Crippen LogP contribution in [-0.4, -0.2) is 73.4 Å². The van der Waals surface area contributed by atoms with Crippen LogP contribution in [0, 0.1) is 0 Å². The molecule has 8 nitrogen and oxygen atoms in total. The van der Waals surface area contributed by atoms with Gasteiger partial charge in [0.2, 0.25) is 5.91 Å². The number of phosphoric acid groups is 1. The number of likely N-dealkylation sites (N-methyl/N-ethyl adjacent to an activating group) is 1. The molecule has 0 heterocycles. The molecule has 3 atom stereocenters. The molecule has 0 bridgehead atoms. The van der Waals surface area contributed by atoms with Gasteiger partial charge < -0.3 is 19.8 Å². The number of nitrogens with zero attached hydrogens (tertiary/aromatic N) is 1. The normalized spacial score (nSPS) is 14.0. The molecule has 0 spiro atoms. The molecule has 1 amide bonds. The van der Waals surface area contributed by atoms with Crippen molar-refractivity contribution in [2.75, 3.05) is 40.9 Å². The Labute approximate surface area is 443 Å². The second-order valence-electron chi connectivity index (χ2n) is 22.8. The second kappa shape index (κ2) is 53.8. The van der Waals surface area contributed by atoms with E-state index in [1.54, 1.807) is 6.08 Å². The summed E-state index contributed by atoms with van der Waals surface area (Å²) in [6.07, 6.45) is 68.8. The van der Waals surface area contributed by atoms with Gasteiger partial charge in [-0.1, -0.05) is 301 Å². The number of hydrogen-bond donors (Lipinski definition) is 3. The molecule has 3 unspecified atom stereocenters. The fraction of sp³-hybridized carbons (Fsp3) is 0.919. The highest BCUT2D eigenvalue weighted by atomic mass is 31.2. The van der Waals surface area contributed by atoms with Crippen molar-refractivity contribution in [1.29, 1.82) is 0 Å². The third-order valence-corrected chi connectivity index (χ3v) is 15.4. The minimum atomic E-state index is -4.35. The summed E-state index contributed by atoms with van der Waals surface area (Å²) in [6.45, 7) is 4.85. The van der Waals surface area contributed by atoms with Gasteiger partial charge in [0, 0.05) is 6.42 Å². The standard InChI is InChI=1S/C62H123N2O6P/c1-6-8-10-12-14-16-18-20-22-24-26-27-28-29-30-31-32-33-34-35-36-38-39-41-43-45-47-49-51-53-55-61(65)60(59-70-71(67,68)69-58-57-64(3,4)5)63-62(66)56-54-52-50-48-46-44-42-40-37-25-23-21-19-17-15-13-11-9-7-2/h45,47,53,55,60-61,65H,6-44,46,48-52,54,56-59H2,1-5H3,(H-,63,66,67,68)/p+1/b47-45+,55-53+.